The molecular weight excluding hydrogens is 252 g/mol. The van der Waals surface area contributed by atoms with Crippen molar-refractivity contribution in [3.8, 4) is 0 Å². The van der Waals surface area contributed by atoms with E-state index in [0.717, 1.165) is 23.4 Å². The van der Waals surface area contributed by atoms with Crippen molar-refractivity contribution in [1.29, 1.82) is 0 Å². The van der Waals surface area contributed by atoms with Crippen molar-refractivity contribution >= 4 is 11.6 Å². The first-order valence-corrected chi connectivity index (χ1v) is 7.30. The van der Waals surface area contributed by atoms with Crippen LogP contribution in [-0.2, 0) is 4.74 Å². The van der Waals surface area contributed by atoms with E-state index in [0.29, 0.717) is 13.2 Å². The number of rotatable bonds is 3. The van der Waals surface area contributed by atoms with Gasteiger partial charge in [0.25, 0.3) is 5.91 Å². The molecule has 4 nitrogen and oxygen atoms in total. The molecule has 110 valence electrons. The quantitative estimate of drug-likeness (QED) is 0.923. The maximum absolute atomic E-state index is 12.8. The number of carbonyl (C=O) groups is 1. The molecular formula is C16H24N2O2. The molecule has 20 heavy (non-hydrogen) atoms. The number of hydrogen-bond donors (Lipinski definition) is 1. The van der Waals surface area contributed by atoms with Crippen molar-refractivity contribution in [2.24, 2.45) is 0 Å². The van der Waals surface area contributed by atoms with Crippen LogP contribution in [0.3, 0.4) is 0 Å². The van der Waals surface area contributed by atoms with Gasteiger partial charge in [-0.3, -0.25) is 4.79 Å². The molecule has 1 heterocycles. The number of benzene rings is 1. The lowest BCUT2D eigenvalue weighted by atomic mass is 10.1. The zero-order valence-corrected chi connectivity index (χ0v) is 12.8. The first-order chi connectivity index (χ1) is 9.52. The first-order valence-electron chi connectivity index (χ1n) is 7.30. The van der Waals surface area contributed by atoms with E-state index >= 15 is 0 Å². The Labute approximate surface area is 121 Å². The van der Waals surface area contributed by atoms with Gasteiger partial charge in [-0.25, -0.2) is 0 Å². The molecule has 1 amide bonds. The smallest absolute Gasteiger partial charge is 0.256 e. The lowest BCUT2D eigenvalue weighted by Gasteiger charge is -2.37. The van der Waals surface area contributed by atoms with E-state index < -0.39 is 0 Å². The summed E-state index contributed by atoms with van der Waals surface area (Å²) in [6.45, 7) is 10.2. The largest absolute Gasteiger partial charge is 0.385 e. The zero-order valence-electron chi connectivity index (χ0n) is 12.8. The second-order valence-corrected chi connectivity index (χ2v) is 5.53. The number of aryl methyl sites for hydroxylation is 1. The van der Waals surface area contributed by atoms with Gasteiger partial charge in [0.15, 0.2) is 0 Å². The molecule has 0 spiro atoms. The van der Waals surface area contributed by atoms with Crippen molar-refractivity contribution in [3.05, 3.63) is 29.3 Å². The van der Waals surface area contributed by atoms with E-state index in [2.05, 4.69) is 5.32 Å². The van der Waals surface area contributed by atoms with Crippen LogP contribution in [0.2, 0.25) is 0 Å². The molecule has 2 rings (SSSR count). The molecule has 1 saturated heterocycles. The van der Waals surface area contributed by atoms with Gasteiger partial charge in [-0.05, 0) is 39.8 Å². The fourth-order valence-electron chi connectivity index (χ4n) is 2.52. The van der Waals surface area contributed by atoms with Crippen molar-refractivity contribution in [2.45, 2.75) is 39.8 Å². The number of amides is 1. The van der Waals surface area contributed by atoms with E-state index in [1.54, 1.807) is 0 Å². The summed E-state index contributed by atoms with van der Waals surface area (Å²) in [7, 11) is 0. The number of anilines is 1. The highest BCUT2D eigenvalue weighted by molar-refractivity contribution is 6.00. The van der Waals surface area contributed by atoms with Crippen LogP contribution in [0.15, 0.2) is 18.2 Å². The number of hydrogen-bond acceptors (Lipinski definition) is 3. The Morgan fingerprint density at radius 3 is 2.90 bits per heavy atom. The third-order valence-corrected chi connectivity index (χ3v) is 3.64. The van der Waals surface area contributed by atoms with Crippen LogP contribution in [0.5, 0.6) is 0 Å². The average molecular weight is 276 g/mol. The molecule has 0 saturated carbocycles. The van der Waals surface area contributed by atoms with Crippen LogP contribution in [0.25, 0.3) is 0 Å². The Balaban J connectivity index is 2.29. The number of nitrogens with one attached hydrogen (secondary N) is 1. The summed E-state index contributed by atoms with van der Waals surface area (Å²) in [6.07, 6.45) is 0.0996. The van der Waals surface area contributed by atoms with Gasteiger partial charge in [0.05, 0.1) is 24.3 Å². The molecule has 1 aliphatic rings. The molecule has 1 N–H and O–H groups in total. The van der Waals surface area contributed by atoms with Crippen LogP contribution in [0, 0.1) is 6.92 Å². The predicted octanol–water partition coefficient (Wildman–Crippen LogP) is 2.68. The minimum absolute atomic E-state index is 0.0901. The third-order valence-electron chi connectivity index (χ3n) is 3.64. The normalized spacial score (nSPS) is 22.7. The molecule has 1 aromatic rings. The Bertz CT molecular complexity index is 487. The van der Waals surface area contributed by atoms with Gasteiger partial charge >= 0.3 is 0 Å². The highest BCUT2D eigenvalue weighted by Crippen LogP contribution is 2.22. The second kappa shape index (κ2) is 6.27. The molecule has 1 aromatic carbocycles. The van der Waals surface area contributed by atoms with E-state index in [4.69, 9.17) is 4.74 Å². The van der Waals surface area contributed by atoms with Gasteiger partial charge in [-0.1, -0.05) is 11.6 Å². The molecule has 2 atom stereocenters. The maximum Gasteiger partial charge on any atom is 0.256 e. The van der Waals surface area contributed by atoms with Crippen molar-refractivity contribution in [2.75, 3.05) is 25.0 Å². The Kier molecular flexibility index (Phi) is 4.65. The van der Waals surface area contributed by atoms with Crippen LogP contribution in [-0.4, -0.2) is 42.6 Å². The molecule has 0 aliphatic carbocycles. The summed E-state index contributed by atoms with van der Waals surface area (Å²) in [5.41, 5.74) is 2.77. The zero-order chi connectivity index (χ0) is 14.7. The van der Waals surface area contributed by atoms with E-state index in [9.17, 15) is 4.79 Å². The lowest BCUT2D eigenvalue weighted by Crippen LogP contribution is -2.50. The fourth-order valence-corrected chi connectivity index (χ4v) is 2.52. The van der Waals surface area contributed by atoms with E-state index in [-0.39, 0.29) is 18.1 Å². The van der Waals surface area contributed by atoms with Crippen molar-refractivity contribution in [1.82, 2.24) is 4.90 Å². The minimum Gasteiger partial charge on any atom is -0.385 e. The summed E-state index contributed by atoms with van der Waals surface area (Å²) in [5, 5.41) is 3.27. The molecule has 0 aromatic heterocycles. The first kappa shape index (κ1) is 14.9. The maximum atomic E-state index is 12.8. The summed E-state index contributed by atoms with van der Waals surface area (Å²) in [4.78, 5) is 14.8. The SMILES string of the molecule is CCNc1ccc(C)cc1C(=O)N1CC(C)OCC1C. The standard InChI is InChI=1S/C16H24N2O2/c1-5-17-15-7-6-11(2)8-14(15)16(19)18-9-13(4)20-10-12(18)3/h6-8,12-13,17H,5,9-10H2,1-4H3. The highest BCUT2D eigenvalue weighted by atomic mass is 16.5. The molecule has 0 bridgehead atoms. The van der Waals surface area contributed by atoms with Gasteiger partial charge in [-0.15, -0.1) is 0 Å². The van der Waals surface area contributed by atoms with Gasteiger partial charge in [0.2, 0.25) is 0 Å². The summed E-state index contributed by atoms with van der Waals surface area (Å²) < 4.78 is 5.60. The van der Waals surface area contributed by atoms with Crippen LogP contribution in [0.4, 0.5) is 5.69 Å². The molecule has 1 aliphatic heterocycles. The number of ether oxygens (including phenoxy) is 1. The molecule has 2 unspecified atom stereocenters. The Morgan fingerprint density at radius 1 is 1.45 bits per heavy atom. The lowest BCUT2D eigenvalue weighted by molar-refractivity contribution is -0.0386. The van der Waals surface area contributed by atoms with Crippen molar-refractivity contribution < 1.29 is 9.53 Å². The summed E-state index contributed by atoms with van der Waals surface area (Å²) >= 11 is 0. The van der Waals surface area contributed by atoms with Crippen molar-refractivity contribution in [3.63, 3.8) is 0 Å². The van der Waals surface area contributed by atoms with Gasteiger partial charge in [-0.2, -0.15) is 0 Å². The van der Waals surface area contributed by atoms with Gasteiger partial charge in [0, 0.05) is 18.8 Å². The predicted molar refractivity (Wildman–Crippen MR) is 81.3 cm³/mol. The van der Waals surface area contributed by atoms with E-state index in [1.807, 2.05) is 50.8 Å². The number of carbonyl (C=O) groups excluding carboxylic acids is 1. The van der Waals surface area contributed by atoms with Gasteiger partial charge < -0.3 is 15.0 Å². The average Bonchev–Trinajstić information content (AvgIpc) is 2.43. The molecule has 0 radical (unpaired) electrons. The fraction of sp³-hybridized carbons (Fsp3) is 0.562. The highest BCUT2D eigenvalue weighted by Gasteiger charge is 2.29. The number of morpholine rings is 1. The third kappa shape index (κ3) is 3.12. The summed E-state index contributed by atoms with van der Waals surface area (Å²) in [5.74, 6) is 0.0901. The van der Waals surface area contributed by atoms with E-state index in [1.165, 1.54) is 0 Å². The minimum atomic E-state index is 0.0901. The topological polar surface area (TPSA) is 41.6 Å². The molecule has 1 fully saturated rings. The van der Waals surface area contributed by atoms with Crippen LogP contribution in [0.1, 0.15) is 36.7 Å². The Morgan fingerprint density at radius 2 is 2.20 bits per heavy atom. The van der Waals surface area contributed by atoms with Gasteiger partial charge in [0.1, 0.15) is 0 Å². The second-order valence-electron chi connectivity index (χ2n) is 5.53. The monoisotopic (exact) mass is 276 g/mol. The van der Waals surface area contributed by atoms with Crippen LogP contribution >= 0.6 is 0 Å². The molecule has 4 heteroatoms. The summed E-state index contributed by atoms with van der Waals surface area (Å²) in [6, 6.07) is 6.10. The Hall–Kier alpha value is -1.55. The number of nitrogens with zero attached hydrogens (tertiary/aromatic N) is 1. The van der Waals surface area contributed by atoms with Crippen LogP contribution < -0.4 is 5.32 Å².